The van der Waals surface area contributed by atoms with Crippen molar-refractivity contribution in [2.75, 3.05) is 27.2 Å². The van der Waals surface area contributed by atoms with Gasteiger partial charge in [0.1, 0.15) is 11.5 Å². The zero-order chi connectivity index (χ0) is 18.2. The minimum Gasteiger partial charge on any atom is -0.496 e. The van der Waals surface area contributed by atoms with Crippen LogP contribution in [0.15, 0.2) is 27.7 Å². The molecule has 0 radical (unpaired) electrons. The normalized spacial score (nSPS) is 11.5. The highest BCUT2D eigenvalue weighted by Gasteiger charge is 2.08. The maximum Gasteiger partial charge on any atom is 0.190 e. The van der Waals surface area contributed by atoms with Crippen molar-refractivity contribution in [3.05, 3.63) is 46.3 Å². The Kier molecular flexibility index (Phi) is 6.86. The molecule has 0 atom stereocenters. The largest absolute Gasteiger partial charge is 0.496 e. The summed E-state index contributed by atoms with van der Waals surface area (Å²) in [5.41, 5.74) is 4.50. The monoisotopic (exact) mass is 344 g/mol. The number of nitrogens with zero attached hydrogens (tertiary/aromatic N) is 2. The van der Waals surface area contributed by atoms with Gasteiger partial charge in [-0.1, -0.05) is 17.3 Å². The third kappa shape index (κ3) is 5.24. The summed E-state index contributed by atoms with van der Waals surface area (Å²) in [5, 5.41) is 10.6. The van der Waals surface area contributed by atoms with Crippen molar-refractivity contribution < 1.29 is 9.26 Å². The second-order valence-electron chi connectivity index (χ2n) is 6.03. The standard InChI is InChI=1S/C19H28N4O2/c1-13-6-7-16(12-18(13)24-5)8-10-21-19(20-4)22-11-9-17-14(2)23-25-15(17)3/h6-7,12H,8-11H2,1-5H3,(H2,20,21,22). The van der Waals surface area contributed by atoms with Crippen molar-refractivity contribution in [3.63, 3.8) is 0 Å². The smallest absolute Gasteiger partial charge is 0.190 e. The highest BCUT2D eigenvalue weighted by atomic mass is 16.5. The van der Waals surface area contributed by atoms with Crippen molar-refractivity contribution in [3.8, 4) is 5.75 Å². The van der Waals surface area contributed by atoms with Crippen LogP contribution in [0.25, 0.3) is 0 Å². The van der Waals surface area contributed by atoms with Crippen LogP contribution in [-0.2, 0) is 12.8 Å². The summed E-state index contributed by atoms with van der Waals surface area (Å²) in [6.07, 6.45) is 1.76. The lowest BCUT2D eigenvalue weighted by atomic mass is 10.1. The molecule has 6 nitrogen and oxygen atoms in total. The lowest BCUT2D eigenvalue weighted by Gasteiger charge is -2.12. The third-order valence-electron chi connectivity index (χ3n) is 4.25. The molecular weight excluding hydrogens is 316 g/mol. The van der Waals surface area contributed by atoms with Crippen LogP contribution in [0, 0.1) is 20.8 Å². The van der Waals surface area contributed by atoms with Crippen molar-refractivity contribution in [2.24, 2.45) is 4.99 Å². The van der Waals surface area contributed by atoms with E-state index in [4.69, 9.17) is 9.26 Å². The lowest BCUT2D eigenvalue weighted by molar-refractivity contribution is 0.392. The minimum atomic E-state index is 0.779. The first-order chi connectivity index (χ1) is 12.0. The zero-order valence-electron chi connectivity index (χ0n) is 15.8. The summed E-state index contributed by atoms with van der Waals surface area (Å²) < 4.78 is 10.6. The number of aromatic nitrogens is 1. The van der Waals surface area contributed by atoms with Crippen LogP contribution in [0.4, 0.5) is 0 Å². The van der Waals surface area contributed by atoms with E-state index in [9.17, 15) is 0 Å². The van der Waals surface area contributed by atoms with Gasteiger partial charge in [0.05, 0.1) is 12.8 Å². The van der Waals surface area contributed by atoms with E-state index in [1.165, 1.54) is 5.56 Å². The summed E-state index contributed by atoms with van der Waals surface area (Å²) in [5.74, 6) is 2.61. The maximum absolute atomic E-state index is 5.37. The molecule has 2 aromatic rings. The average molecular weight is 344 g/mol. The van der Waals surface area contributed by atoms with E-state index in [2.05, 4.69) is 39.0 Å². The van der Waals surface area contributed by atoms with Crippen molar-refractivity contribution in [1.29, 1.82) is 0 Å². The van der Waals surface area contributed by atoms with Crippen LogP contribution >= 0.6 is 0 Å². The Morgan fingerprint density at radius 2 is 1.88 bits per heavy atom. The maximum atomic E-state index is 5.37. The SMILES string of the molecule is CN=C(NCCc1ccc(C)c(OC)c1)NCCc1c(C)noc1C. The number of ether oxygens (including phenoxy) is 1. The van der Waals surface area contributed by atoms with E-state index in [1.807, 2.05) is 20.8 Å². The number of hydrogen-bond donors (Lipinski definition) is 2. The topological polar surface area (TPSA) is 71.7 Å². The van der Waals surface area contributed by atoms with Crippen LogP contribution in [0.5, 0.6) is 5.75 Å². The fraction of sp³-hybridized carbons (Fsp3) is 0.474. The van der Waals surface area contributed by atoms with Gasteiger partial charge >= 0.3 is 0 Å². The van der Waals surface area contributed by atoms with Crippen LogP contribution in [0.2, 0.25) is 0 Å². The molecule has 1 aromatic heterocycles. The summed E-state index contributed by atoms with van der Waals surface area (Å²) in [7, 11) is 3.48. The molecule has 0 spiro atoms. The van der Waals surface area contributed by atoms with Gasteiger partial charge in [-0.15, -0.1) is 0 Å². The minimum absolute atomic E-state index is 0.779. The fourth-order valence-electron chi connectivity index (χ4n) is 2.73. The molecule has 2 rings (SSSR count). The van der Waals surface area contributed by atoms with Crippen LogP contribution in [0.3, 0.4) is 0 Å². The molecule has 0 bridgehead atoms. The molecule has 0 saturated heterocycles. The van der Waals surface area contributed by atoms with E-state index >= 15 is 0 Å². The Labute approximate surface area is 149 Å². The molecule has 1 aromatic carbocycles. The molecule has 1 heterocycles. The number of guanidine groups is 1. The molecule has 136 valence electrons. The highest BCUT2D eigenvalue weighted by molar-refractivity contribution is 5.79. The highest BCUT2D eigenvalue weighted by Crippen LogP contribution is 2.19. The first-order valence-electron chi connectivity index (χ1n) is 8.55. The number of rotatable bonds is 7. The van der Waals surface area contributed by atoms with E-state index < -0.39 is 0 Å². The predicted molar refractivity (Wildman–Crippen MR) is 100 cm³/mol. The summed E-state index contributed by atoms with van der Waals surface area (Å²) in [4.78, 5) is 4.26. The van der Waals surface area contributed by atoms with Crippen molar-refractivity contribution in [2.45, 2.75) is 33.6 Å². The number of aryl methyl sites for hydroxylation is 3. The molecule has 0 aliphatic heterocycles. The molecule has 6 heteroatoms. The van der Waals surface area contributed by atoms with Gasteiger partial charge in [-0.2, -0.15) is 0 Å². The second-order valence-corrected chi connectivity index (χ2v) is 6.03. The van der Waals surface area contributed by atoms with E-state index in [0.717, 1.165) is 60.2 Å². The van der Waals surface area contributed by atoms with E-state index in [0.29, 0.717) is 0 Å². The number of benzene rings is 1. The van der Waals surface area contributed by atoms with Gasteiger partial charge in [0, 0.05) is 25.7 Å². The van der Waals surface area contributed by atoms with Crippen LogP contribution in [-0.4, -0.2) is 38.4 Å². The second kappa shape index (κ2) is 9.11. The Morgan fingerprint density at radius 1 is 1.16 bits per heavy atom. The molecule has 0 fully saturated rings. The van der Waals surface area contributed by atoms with Gasteiger partial charge in [-0.05, 0) is 50.8 Å². The molecule has 0 aliphatic carbocycles. The number of hydrogen-bond acceptors (Lipinski definition) is 4. The Hall–Kier alpha value is -2.50. The molecule has 0 aliphatic rings. The Bertz CT molecular complexity index is 703. The van der Waals surface area contributed by atoms with Crippen LogP contribution in [0.1, 0.15) is 28.1 Å². The van der Waals surface area contributed by atoms with Crippen molar-refractivity contribution >= 4 is 5.96 Å². The number of methoxy groups -OCH3 is 1. The fourth-order valence-corrected chi connectivity index (χ4v) is 2.73. The van der Waals surface area contributed by atoms with Crippen molar-refractivity contribution in [1.82, 2.24) is 15.8 Å². The lowest BCUT2D eigenvalue weighted by Crippen LogP contribution is -2.39. The molecule has 0 unspecified atom stereocenters. The number of nitrogens with one attached hydrogen (secondary N) is 2. The van der Waals surface area contributed by atoms with E-state index in [1.54, 1.807) is 14.2 Å². The quantitative estimate of drug-likeness (QED) is 0.597. The third-order valence-corrected chi connectivity index (χ3v) is 4.25. The first-order valence-corrected chi connectivity index (χ1v) is 8.55. The van der Waals surface area contributed by atoms with Gasteiger partial charge in [0.15, 0.2) is 5.96 Å². The first kappa shape index (κ1) is 18.8. The molecule has 25 heavy (non-hydrogen) atoms. The predicted octanol–water partition coefficient (Wildman–Crippen LogP) is 2.56. The van der Waals surface area contributed by atoms with Gasteiger partial charge in [0.25, 0.3) is 0 Å². The summed E-state index contributed by atoms with van der Waals surface area (Å²) >= 11 is 0. The van der Waals surface area contributed by atoms with Gasteiger partial charge in [0.2, 0.25) is 0 Å². The van der Waals surface area contributed by atoms with Gasteiger partial charge in [-0.3, -0.25) is 4.99 Å². The molecule has 2 N–H and O–H groups in total. The summed E-state index contributed by atoms with van der Waals surface area (Å²) in [6.45, 7) is 7.54. The van der Waals surface area contributed by atoms with E-state index in [-0.39, 0.29) is 0 Å². The molecule has 0 saturated carbocycles. The average Bonchev–Trinajstić information content (AvgIpc) is 2.93. The Morgan fingerprint density at radius 3 is 2.48 bits per heavy atom. The molecule has 0 amide bonds. The number of aliphatic imine (C=N–C) groups is 1. The Balaban J connectivity index is 1.77. The summed E-state index contributed by atoms with van der Waals surface area (Å²) in [6, 6.07) is 6.31. The zero-order valence-corrected chi connectivity index (χ0v) is 15.8. The molecular formula is C19H28N4O2. The van der Waals surface area contributed by atoms with Gasteiger partial charge < -0.3 is 19.9 Å². The van der Waals surface area contributed by atoms with Gasteiger partial charge in [-0.25, -0.2) is 0 Å². The van der Waals surface area contributed by atoms with Crippen LogP contribution < -0.4 is 15.4 Å².